The fraction of sp³-hybridized carbons (Fsp3) is 0.286. The van der Waals surface area contributed by atoms with E-state index in [4.69, 9.17) is 4.98 Å². The zero-order valence-electron chi connectivity index (χ0n) is 21.0. The zero-order valence-corrected chi connectivity index (χ0v) is 22.7. The molecule has 5 rings (SSSR count). The maximum Gasteiger partial charge on any atom is 0.263 e. The van der Waals surface area contributed by atoms with Crippen LogP contribution in [0.5, 0.6) is 0 Å². The third-order valence-corrected chi connectivity index (χ3v) is 8.64. The molecule has 0 fully saturated rings. The number of carbonyl (C=O) groups is 2. The number of thiophene rings is 1. The molecule has 3 heterocycles. The minimum absolute atomic E-state index is 0.0312. The van der Waals surface area contributed by atoms with E-state index in [-0.39, 0.29) is 23.1 Å². The standard InChI is InChI=1S/C28H28N4O3S2/c1-17-9-10-18(2)22(13-17)29-24(34)16-36-28-30-26-25(21-11-12-31(19(3)33)15-23(21)37-26)27(35)32(28)14-20-7-5-4-6-8-20/h4-10,13H,11-12,14-16H2,1-3H3,(H,29,34). The molecule has 1 N–H and O–H groups in total. The summed E-state index contributed by atoms with van der Waals surface area (Å²) >= 11 is 2.74. The quantitative estimate of drug-likeness (QED) is 0.286. The number of aryl methyl sites for hydroxylation is 2. The minimum atomic E-state index is -0.151. The molecule has 37 heavy (non-hydrogen) atoms. The Kier molecular flexibility index (Phi) is 7.17. The molecule has 0 saturated heterocycles. The highest BCUT2D eigenvalue weighted by Gasteiger charge is 2.26. The molecule has 190 valence electrons. The summed E-state index contributed by atoms with van der Waals surface area (Å²) in [7, 11) is 0. The lowest BCUT2D eigenvalue weighted by Crippen LogP contribution is -2.34. The predicted molar refractivity (Wildman–Crippen MR) is 149 cm³/mol. The smallest absolute Gasteiger partial charge is 0.263 e. The summed E-state index contributed by atoms with van der Waals surface area (Å²) < 4.78 is 1.68. The molecule has 7 nitrogen and oxygen atoms in total. The fourth-order valence-corrected chi connectivity index (χ4v) is 6.60. The van der Waals surface area contributed by atoms with Gasteiger partial charge in [0.25, 0.3) is 5.56 Å². The van der Waals surface area contributed by atoms with Gasteiger partial charge < -0.3 is 10.2 Å². The number of hydrogen-bond donors (Lipinski definition) is 1. The third-order valence-electron chi connectivity index (χ3n) is 6.55. The average molecular weight is 533 g/mol. The molecule has 0 spiro atoms. The molecule has 0 saturated carbocycles. The normalized spacial score (nSPS) is 13.0. The van der Waals surface area contributed by atoms with Crippen LogP contribution < -0.4 is 10.9 Å². The molecular formula is C28H28N4O3S2. The van der Waals surface area contributed by atoms with Gasteiger partial charge in [0.2, 0.25) is 11.8 Å². The second kappa shape index (κ2) is 10.5. The van der Waals surface area contributed by atoms with Crippen molar-refractivity contribution in [3.8, 4) is 0 Å². The lowest BCUT2D eigenvalue weighted by atomic mass is 10.1. The van der Waals surface area contributed by atoms with E-state index in [1.807, 2.05) is 62.4 Å². The molecular weight excluding hydrogens is 504 g/mol. The molecule has 0 bridgehead atoms. The SMILES string of the molecule is CC(=O)N1CCc2c(sc3nc(SCC(=O)Nc4cc(C)ccc4C)n(Cc4ccccc4)c(=O)c23)C1. The Hall–Kier alpha value is -3.43. The van der Waals surface area contributed by atoms with Gasteiger partial charge in [0.1, 0.15) is 4.83 Å². The van der Waals surface area contributed by atoms with Crippen molar-refractivity contribution in [1.29, 1.82) is 0 Å². The van der Waals surface area contributed by atoms with Crippen LogP contribution in [0, 0.1) is 13.8 Å². The fourth-order valence-electron chi connectivity index (χ4n) is 4.53. The second-order valence-electron chi connectivity index (χ2n) is 9.30. The molecule has 0 unspecified atom stereocenters. The van der Waals surface area contributed by atoms with Gasteiger partial charge >= 0.3 is 0 Å². The topological polar surface area (TPSA) is 84.3 Å². The molecule has 2 aromatic carbocycles. The van der Waals surface area contributed by atoms with Gasteiger partial charge in [0.15, 0.2) is 5.16 Å². The van der Waals surface area contributed by atoms with Gasteiger partial charge in [-0.3, -0.25) is 19.0 Å². The number of anilines is 1. The van der Waals surface area contributed by atoms with Crippen LogP contribution in [0.3, 0.4) is 0 Å². The van der Waals surface area contributed by atoms with Crippen molar-refractivity contribution in [3.63, 3.8) is 0 Å². The summed E-state index contributed by atoms with van der Waals surface area (Å²) in [5.41, 5.74) is 4.74. The average Bonchev–Trinajstić information content (AvgIpc) is 3.25. The molecule has 0 aliphatic carbocycles. The first-order valence-electron chi connectivity index (χ1n) is 12.1. The molecule has 0 atom stereocenters. The number of benzene rings is 2. The summed E-state index contributed by atoms with van der Waals surface area (Å²) in [4.78, 5) is 47.0. The highest BCUT2D eigenvalue weighted by Crippen LogP contribution is 2.34. The Labute approximate surface area is 223 Å². The van der Waals surface area contributed by atoms with Crippen LogP contribution in [0.15, 0.2) is 58.5 Å². The van der Waals surface area contributed by atoms with E-state index in [9.17, 15) is 14.4 Å². The van der Waals surface area contributed by atoms with Crippen molar-refractivity contribution in [2.45, 2.75) is 45.4 Å². The molecule has 2 amide bonds. The van der Waals surface area contributed by atoms with Crippen molar-refractivity contribution in [2.75, 3.05) is 17.6 Å². The van der Waals surface area contributed by atoms with Crippen molar-refractivity contribution < 1.29 is 9.59 Å². The Balaban J connectivity index is 1.48. The summed E-state index contributed by atoms with van der Waals surface area (Å²) in [6, 6.07) is 15.7. The number of thioether (sulfide) groups is 1. The molecule has 4 aromatic rings. The molecule has 1 aliphatic heterocycles. The van der Waals surface area contributed by atoms with E-state index < -0.39 is 0 Å². The molecule has 0 radical (unpaired) electrons. The lowest BCUT2D eigenvalue weighted by Gasteiger charge is -2.25. The molecule has 9 heteroatoms. The Morgan fingerprint density at radius 3 is 2.68 bits per heavy atom. The number of aromatic nitrogens is 2. The summed E-state index contributed by atoms with van der Waals surface area (Å²) in [5.74, 6) is 0.00842. The van der Waals surface area contributed by atoms with Crippen molar-refractivity contribution in [2.24, 2.45) is 0 Å². The zero-order chi connectivity index (χ0) is 26.1. The Bertz CT molecular complexity index is 1560. The van der Waals surface area contributed by atoms with Gasteiger partial charge in [-0.25, -0.2) is 4.98 Å². The first kappa shape index (κ1) is 25.2. The van der Waals surface area contributed by atoms with Crippen LogP contribution in [-0.4, -0.2) is 38.6 Å². The van der Waals surface area contributed by atoms with Crippen LogP contribution in [0.4, 0.5) is 5.69 Å². The van der Waals surface area contributed by atoms with Crippen LogP contribution in [0.1, 0.15) is 34.1 Å². The largest absolute Gasteiger partial charge is 0.337 e. The van der Waals surface area contributed by atoms with E-state index in [0.717, 1.165) is 32.8 Å². The van der Waals surface area contributed by atoms with E-state index in [1.54, 1.807) is 16.4 Å². The van der Waals surface area contributed by atoms with Crippen LogP contribution in [0.2, 0.25) is 0 Å². The number of carbonyl (C=O) groups excluding carboxylic acids is 2. The molecule has 2 aromatic heterocycles. The highest BCUT2D eigenvalue weighted by atomic mass is 32.2. The minimum Gasteiger partial charge on any atom is -0.337 e. The van der Waals surface area contributed by atoms with E-state index in [1.165, 1.54) is 23.1 Å². The maximum absolute atomic E-state index is 13.9. The monoisotopic (exact) mass is 532 g/mol. The first-order chi connectivity index (χ1) is 17.8. The number of fused-ring (bicyclic) bond motifs is 3. The van der Waals surface area contributed by atoms with Crippen LogP contribution in [0.25, 0.3) is 10.2 Å². The third kappa shape index (κ3) is 5.33. The first-order valence-corrected chi connectivity index (χ1v) is 13.9. The van der Waals surface area contributed by atoms with E-state index in [2.05, 4.69) is 5.32 Å². The second-order valence-corrected chi connectivity index (χ2v) is 11.3. The highest BCUT2D eigenvalue weighted by molar-refractivity contribution is 7.99. The van der Waals surface area contributed by atoms with Crippen molar-refractivity contribution >= 4 is 50.8 Å². The predicted octanol–water partition coefficient (Wildman–Crippen LogP) is 4.76. The lowest BCUT2D eigenvalue weighted by molar-refractivity contribution is -0.129. The van der Waals surface area contributed by atoms with Crippen LogP contribution >= 0.6 is 23.1 Å². The number of amides is 2. The van der Waals surface area contributed by atoms with Gasteiger partial charge in [-0.1, -0.05) is 54.2 Å². The van der Waals surface area contributed by atoms with Crippen molar-refractivity contribution in [1.82, 2.24) is 14.5 Å². The van der Waals surface area contributed by atoms with Gasteiger partial charge in [0.05, 0.1) is 24.2 Å². The maximum atomic E-state index is 13.9. The Morgan fingerprint density at radius 2 is 1.92 bits per heavy atom. The van der Waals surface area contributed by atoms with Crippen molar-refractivity contribution in [3.05, 3.63) is 86.0 Å². The van der Waals surface area contributed by atoms with E-state index >= 15 is 0 Å². The van der Waals surface area contributed by atoms with Gasteiger partial charge in [0, 0.05) is 24.0 Å². The summed E-state index contributed by atoms with van der Waals surface area (Å²) in [6.07, 6.45) is 0.641. The van der Waals surface area contributed by atoms with E-state index in [0.29, 0.717) is 41.4 Å². The Morgan fingerprint density at radius 1 is 1.14 bits per heavy atom. The van der Waals surface area contributed by atoms with Gasteiger partial charge in [-0.15, -0.1) is 11.3 Å². The van der Waals surface area contributed by atoms with Gasteiger partial charge in [-0.05, 0) is 48.6 Å². The van der Waals surface area contributed by atoms with Gasteiger partial charge in [-0.2, -0.15) is 0 Å². The summed E-state index contributed by atoms with van der Waals surface area (Å²) in [6.45, 7) is 6.99. The number of hydrogen-bond acceptors (Lipinski definition) is 6. The number of nitrogens with one attached hydrogen (secondary N) is 1. The molecule has 1 aliphatic rings. The number of nitrogens with zero attached hydrogens (tertiary/aromatic N) is 3. The number of rotatable bonds is 6. The summed E-state index contributed by atoms with van der Waals surface area (Å²) in [5, 5.41) is 4.14. The van der Waals surface area contributed by atoms with Crippen LogP contribution in [-0.2, 0) is 29.1 Å².